The minimum Gasteiger partial charge on any atom is -0.422 e. The molecule has 5 heteroatoms. The van der Waals surface area contributed by atoms with Gasteiger partial charge in [0.25, 0.3) is 5.91 Å². The molecule has 0 aliphatic carbocycles. The van der Waals surface area contributed by atoms with E-state index in [1.54, 1.807) is 18.2 Å². The van der Waals surface area contributed by atoms with Crippen molar-refractivity contribution in [1.29, 1.82) is 0 Å². The fourth-order valence-corrected chi connectivity index (χ4v) is 2.89. The minimum absolute atomic E-state index is 0.0344. The molecular weight excluding hydrogens is 280 g/mol. The summed E-state index contributed by atoms with van der Waals surface area (Å²) >= 11 is 0. The van der Waals surface area contributed by atoms with E-state index < -0.39 is 5.63 Å². The van der Waals surface area contributed by atoms with Crippen molar-refractivity contribution in [2.24, 2.45) is 5.41 Å². The molecule has 0 bridgehead atoms. The van der Waals surface area contributed by atoms with Gasteiger partial charge in [-0.25, -0.2) is 4.79 Å². The summed E-state index contributed by atoms with van der Waals surface area (Å²) in [6.45, 7) is 5.91. The van der Waals surface area contributed by atoms with Crippen LogP contribution in [0.3, 0.4) is 0 Å². The highest BCUT2D eigenvalue weighted by Crippen LogP contribution is 2.25. The summed E-state index contributed by atoms with van der Waals surface area (Å²) in [4.78, 5) is 24.5. The van der Waals surface area contributed by atoms with Gasteiger partial charge in [-0.1, -0.05) is 32.0 Å². The van der Waals surface area contributed by atoms with Crippen LogP contribution in [-0.4, -0.2) is 25.0 Å². The van der Waals surface area contributed by atoms with E-state index in [0.717, 1.165) is 24.9 Å². The lowest BCUT2D eigenvalue weighted by atomic mass is 9.80. The summed E-state index contributed by atoms with van der Waals surface area (Å²) in [6, 6.07) is 8.82. The zero-order valence-electron chi connectivity index (χ0n) is 12.8. The molecule has 3 rings (SSSR count). The summed E-state index contributed by atoms with van der Waals surface area (Å²) in [6.07, 6.45) is 0.845. The first-order valence-corrected chi connectivity index (χ1v) is 7.52. The fourth-order valence-electron chi connectivity index (χ4n) is 2.89. The second-order valence-corrected chi connectivity index (χ2v) is 6.47. The van der Waals surface area contributed by atoms with Crippen LogP contribution in [-0.2, 0) is 0 Å². The highest BCUT2D eigenvalue weighted by Gasteiger charge is 2.33. The molecule has 2 N–H and O–H groups in total. The lowest BCUT2D eigenvalue weighted by Crippen LogP contribution is -2.54. The molecule has 1 saturated heterocycles. The van der Waals surface area contributed by atoms with Gasteiger partial charge in [0.1, 0.15) is 11.1 Å². The molecule has 0 saturated carbocycles. The van der Waals surface area contributed by atoms with Crippen LogP contribution in [0.5, 0.6) is 0 Å². The number of para-hydroxylation sites is 1. The average Bonchev–Trinajstić information content (AvgIpc) is 2.48. The van der Waals surface area contributed by atoms with Crippen molar-refractivity contribution >= 4 is 16.9 Å². The Kier molecular flexibility index (Phi) is 3.74. The van der Waals surface area contributed by atoms with Gasteiger partial charge in [-0.05, 0) is 30.5 Å². The first kappa shape index (κ1) is 14.8. The lowest BCUT2D eigenvalue weighted by molar-refractivity contribution is 0.0865. The van der Waals surface area contributed by atoms with Crippen LogP contribution in [0, 0.1) is 5.41 Å². The summed E-state index contributed by atoms with van der Waals surface area (Å²) < 4.78 is 5.23. The van der Waals surface area contributed by atoms with Crippen LogP contribution in [0.2, 0.25) is 0 Å². The van der Waals surface area contributed by atoms with Crippen molar-refractivity contribution in [1.82, 2.24) is 10.6 Å². The number of benzene rings is 1. The van der Waals surface area contributed by atoms with Gasteiger partial charge >= 0.3 is 5.63 Å². The molecule has 0 spiro atoms. The molecule has 1 amide bonds. The number of piperidine rings is 1. The summed E-state index contributed by atoms with van der Waals surface area (Å²) in [5, 5.41) is 7.06. The number of amides is 1. The van der Waals surface area contributed by atoms with Crippen LogP contribution in [0.15, 0.2) is 39.5 Å². The van der Waals surface area contributed by atoms with Crippen molar-refractivity contribution in [3.63, 3.8) is 0 Å². The topological polar surface area (TPSA) is 71.3 Å². The van der Waals surface area contributed by atoms with Gasteiger partial charge in [-0.15, -0.1) is 0 Å². The largest absolute Gasteiger partial charge is 0.422 e. The highest BCUT2D eigenvalue weighted by molar-refractivity contribution is 5.96. The molecular formula is C17H20N2O3. The van der Waals surface area contributed by atoms with Crippen molar-refractivity contribution < 1.29 is 9.21 Å². The summed E-state index contributed by atoms with van der Waals surface area (Å²) in [5.74, 6) is -0.362. The van der Waals surface area contributed by atoms with E-state index in [1.807, 2.05) is 12.1 Å². The Hall–Kier alpha value is -2.14. The van der Waals surface area contributed by atoms with Crippen LogP contribution in [0.1, 0.15) is 30.6 Å². The standard InChI is InChI=1S/C17H20N2O3/c1-17(2)10-18-8-7-14(17)19-15(20)12-9-11-5-3-4-6-13(11)22-16(12)21/h3-6,9,14,18H,7-8,10H2,1-2H3,(H,19,20). The van der Waals surface area contributed by atoms with Crippen molar-refractivity contribution in [2.45, 2.75) is 26.3 Å². The Morgan fingerprint density at radius 2 is 2.14 bits per heavy atom. The Morgan fingerprint density at radius 1 is 1.36 bits per heavy atom. The average molecular weight is 300 g/mol. The SMILES string of the molecule is CC1(C)CNCCC1NC(=O)c1cc2ccccc2oc1=O. The predicted molar refractivity (Wildman–Crippen MR) is 85.0 cm³/mol. The van der Waals surface area contributed by atoms with E-state index in [-0.39, 0.29) is 22.9 Å². The zero-order valence-corrected chi connectivity index (χ0v) is 12.8. The summed E-state index contributed by atoms with van der Waals surface area (Å²) in [7, 11) is 0. The molecule has 2 heterocycles. The molecule has 1 aromatic carbocycles. The van der Waals surface area contributed by atoms with E-state index in [0.29, 0.717) is 5.58 Å². The van der Waals surface area contributed by atoms with Crippen molar-refractivity contribution in [3.8, 4) is 0 Å². The van der Waals surface area contributed by atoms with E-state index >= 15 is 0 Å². The lowest BCUT2D eigenvalue weighted by Gasteiger charge is -2.39. The molecule has 1 fully saturated rings. The number of carbonyl (C=O) groups is 1. The monoisotopic (exact) mass is 300 g/mol. The van der Waals surface area contributed by atoms with Gasteiger partial charge in [-0.3, -0.25) is 4.79 Å². The van der Waals surface area contributed by atoms with Gasteiger partial charge in [0, 0.05) is 18.0 Å². The molecule has 1 unspecified atom stereocenters. The zero-order chi connectivity index (χ0) is 15.7. The number of hydrogen-bond acceptors (Lipinski definition) is 4. The maximum absolute atomic E-state index is 12.5. The van der Waals surface area contributed by atoms with Crippen LogP contribution < -0.4 is 16.3 Å². The normalized spacial score (nSPS) is 20.7. The first-order valence-electron chi connectivity index (χ1n) is 7.52. The number of rotatable bonds is 2. The van der Waals surface area contributed by atoms with Gasteiger partial charge in [0.05, 0.1) is 0 Å². The predicted octanol–water partition coefficient (Wildman–Crippen LogP) is 1.91. The molecule has 116 valence electrons. The van der Waals surface area contributed by atoms with Crippen LogP contribution in [0.4, 0.5) is 0 Å². The number of nitrogens with one attached hydrogen (secondary N) is 2. The van der Waals surface area contributed by atoms with Crippen LogP contribution >= 0.6 is 0 Å². The molecule has 5 nitrogen and oxygen atoms in total. The van der Waals surface area contributed by atoms with Gasteiger partial charge in [0.15, 0.2) is 0 Å². The van der Waals surface area contributed by atoms with Crippen LogP contribution in [0.25, 0.3) is 11.0 Å². The van der Waals surface area contributed by atoms with Gasteiger partial charge < -0.3 is 15.1 Å². The van der Waals surface area contributed by atoms with E-state index in [1.165, 1.54) is 0 Å². The molecule has 1 atom stereocenters. The third-order valence-electron chi connectivity index (χ3n) is 4.33. The Morgan fingerprint density at radius 3 is 2.91 bits per heavy atom. The molecule has 2 aromatic rings. The third kappa shape index (κ3) is 2.76. The molecule has 1 aliphatic rings. The third-order valence-corrected chi connectivity index (χ3v) is 4.33. The molecule has 1 aromatic heterocycles. The smallest absolute Gasteiger partial charge is 0.349 e. The highest BCUT2D eigenvalue weighted by atomic mass is 16.4. The Balaban J connectivity index is 1.89. The Labute approximate surface area is 128 Å². The maximum Gasteiger partial charge on any atom is 0.349 e. The summed E-state index contributed by atoms with van der Waals surface area (Å²) in [5.41, 5.74) is -0.0903. The molecule has 1 aliphatic heterocycles. The number of carbonyl (C=O) groups excluding carboxylic acids is 1. The first-order chi connectivity index (χ1) is 10.5. The second kappa shape index (κ2) is 5.57. The molecule has 0 radical (unpaired) electrons. The second-order valence-electron chi connectivity index (χ2n) is 6.47. The fraction of sp³-hybridized carbons (Fsp3) is 0.412. The van der Waals surface area contributed by atoms with Gasteiger partial charge in [0.2, 0.25) is 0 Å². The van der Waals surface area contributed by atoms with E-state index in [4.69, 9.17) is 4.42 Å². The Bertz CT molecular complexity index is 764. The number of hydrogen-bond donors (Lipinski definition) is 2. The van der Waals surface area contributed by atoms with E-state index in [2.05, 4.69) is 24.5 Å². The van der Waals surface area contributed by atoms with Gasteiger partial charge in [-0.2, -0.15) is 0 Å². The number of fused-ring (bicyclic) bond motifs is 1. The minimum atomic E-state index is -0.594. The maximum atomic E-state index is 12.5. The molecule has 22 heavy (non-hydrogen) atoms. The van der Waals surface area contributed by atoms with Crippen molar-refractivity contribution in [2.75, 3.05) is 13.1 Å². The quantitative estimate of drug-likeness (QED) is 0.831. The van der Waals surface area contributed by atoms with Crippen molar-refractivity contribution in [3.05, 3.63) is 46.3 Å². The van der Waals surface area contributed by atoms with E-state index in [9.17, 15) is 9.59 Å².